The lowest BCUT2D eigenvalue weighted by Gasteiger charge is -2.27. The highest BCUT2D eigenvalue weighted by Gasteiger charge is 2.25. The van der Waals surface area contributed by atoms with Crippen LogP contribution >= 0.6 is 11.6 Å². The van der Waals surface area contributed by atoms with E-state index in [1.165, 1.54) is 12.1 Å². The molecule has 0 N–H and O–H groups in total. The van der Waals surface area contributed by atoms with Gasteiger partial charge in [-0.05, 0) is 24.6 Å². The number of carbonyl (C=O) groups excluding carboxylic acids is 1. The molecule has 1 aromatic carbocycles. The largest absolute Gasteiger partial charge is 0.293 e. The topological polar surface area (TPSA) is 38.1 Å². The van der Waals surface area contributed by atoms with Crippen molar-refractivity contribution in [1.82, 2.24) is 9.78 Å². The number of fused-ring (bicyclic) bond motifs is 1. The summed E-state index contributed by atoms with van der Waals surface area (Å²) in [6, 6.07) is 5.83. The zero-order valence-electron chi connectivity index (χ0n) is 10.0. The number of aromatic nitrogens is 2. The van der Waals surface area contributed by atoms with Crippen LogP contribution in [0.5, 0.6) is 0 Å². The molecule has 98 valence electrons. The zero-order valence-corrected chi connectivity index (χ0v) is 10.8. The first kappa shape index (κ1) is 12.2. The Morgan fingerprint density at radius 2 is 2.16 bits per heavy atom. The van der Waals surface area contributed by atoms with E-state index in [9.17, 15) is 9.18 Å². The lowest BCUT2D eigenvalue weighted by molar-refractivity contribution is 0.0977. The summed E-state index contributed by atoms with van der Waals surface area (Å²) >= 11 is 5.69. The van der Waals surface area contributed by atoms with Gasteiger partial charge >= 0.3 is 0 Å². The van der Waals surface area contributed by atoms with E-state index in [2.05, 4.69) is 5.10 Å². The molecule has 0 radical (unpaired) electrons. The Morgan fingerprint density at radius 3 is 2.95 bits per heavy atom. The summed E-state index contributed by atoms with van der Waals surface area (Å²) in [7, 11) is 0. The van der Waals surface area contributed by atoms with E-state index >= 15 is 0 Å². The van der Waals surface area contributed by atoms with Crippen LogP contribution in [-0.2, 0) is 6.54 Å². The van der Waals surface area contributed by atoms with Crippen LogP contribution < -0.4 is 4.90 Å². The lowest BCUT2D eigenvalue weighted by Crippen LogP contribution is -2.37. The molecule has 0 atom stereocenters. The van der Waals surface area contributed by atoms with Crippen molar-refractivity contribution in [3.8, 4) is 0 Å². The number of rotatable bonds is 1. The third-order valence-corrected chi connectivity index (χ3v) is 3.36. The maximum atomic E-state index is 13.8. The standard InChI is InChI=1S/C13H11ClFN3O/c14-9-2-3-10(11(15)8-9)13(19)17-6-1-7-18-12(17)4-5-16-18/h2-5,8H,1,6-7H2. The van der Waals surface area contributed by atoms with E-state index in [1.54, 1.807) is 21.8 Å². The summed E-state index contributed by atoms with van der Waals surface area (Å²) in [6.07, 6.45) is 2.44. The average Bonchev–Trinajstić information content (AvgIpc) is 2.86. The van der Waals surface area contributed by atoms with Crippen LogP contribution in [0.4, 0.5) is 10.2 Å². The van der Waals surface area contributed by atoms with Gasteiger partial charge in [0.2, 0.25) is 0 Å². The second-order valence-electron chi connectivity index (χ2n) is 4.35. The highest BCUT2D eigenvalue weighted by atomic mass is 35.5. The molecule has 0 spiro atoms. The molecule has 1 aliphatic rings. The van der Waals surface area contributed by atoms with E-state index in [1.807, 2.05) is 0 Å². The highest BCUT2D eigenvalue weighted by molar-refractivity contribution is 6.30. The number of hydrogen-bond acceptors (Lipinski definition) is 2. The van der Waals surface area contributed by atoms with Crippen molar-refractivity contribution in [2.45, 2.75) is 13.0 Å². The fourth-order valence-electron chi connectivity index (χ4n) is 2.23. The fraction of sp³-hybridized carbons (Fsp3) is 0.231. The van der Waals surface area contributed by atoms with Gasteiger partial charge in [0.15, 0.2) is 0 Å². The van der Waals surface area contributed by atoms with Crippen molar-refractivity contribution >= 4 is 23.3 Å². The van der Waals surface area contributed by atoms with E-state index in [4.69, 9.17) is 11.6 Å². The Morgan fingerprint density at radius 1 is 1.32 bits per heavy atom. The predicted molar refractivity (Wildman–Crippen MR) is 69.9 cm³/mol. The average molecular weight is 280 g/mol. The second-order valence-corrected chi connectivity index (χ2v) is 4.78. The van der Waals surface area contributed by atoms with Gasteiger partial charge in [-0.15, -0.1) is 0 Å². The van der Waals surface area contributed by atoms with Gasteiger partial charge < -0.3 is 0 Å². The summed E-state index contributed by atoms with van der Waals surface area (Å²) in [5.41, 5.74) is 0.0269. The lowest BCUT2D eigenvalue weighted by atomic mass is 10.1. The number of aryl methyl sites for hydroxylation is 1. The van der Waals surface area contributed by atoms with Gasteiger partial charge in [-0.2, -0.15) is 5.10 Å². The van der Waals surface area contributed by atoms with E-state index < -0.39 is 5.82 Å². The van der Waals surface area contributed by atoms with Gasteiger partial charge in [0.05, 0.1) is 11.8 Å². The number of nitrogens with zero attached hydrogens (tertiary/aromatic N) is 3. The minimum atomic E-state index is -0.603. The van der Waals surface area contributed by atoms with Crippen LogP contribution in [-0.4, -0.2) is 22.2 Å². The first-order chi connectivity index (χ1) is 9.16. The summed E-state index contributed by atoms with van der Waals surface area (Å²) < 4.78 is 15.5. The molecule has 19 heavy (non-hydrogen) atoms. The second kappa shape index (κ2) is 4.66. The summed E-state index contributed by atoms with van der Waals surface area (Å²) in [5, 5.41) is 4.40. The van der Waals surface area contributed by atoms with Crippen LogP contribution in [0.3, 0.4) is 0 Å². The number of halogens is 2. The molecular weight excluding hydrogens is 269 g/mol. The van der Waals surface area contributed by atoms with Crippen LogP contribution in [0.2, 0.25) is 5.02 Å². The molecule has 4 nitrogen and oxygen atoms in total. The van der Waals surface area contributed by atoms with Crippen molar-refractivity contribution in [1.29, 1.82) is 0 Å². The Hall–Kier alpha value is -1.88. The van der Waals surface area contributed by atoms with Crippen molar-refractivity contribution in [3.63, 3.8) is 0 Å². The summed E-state index contributed by atoms with van der Waals surface area (Å²) in [4.78, 5) is 13.9. The van der Waals surface area contributed by atoms with Gasteiger partial charge in [0.25, 0.3) is 5.91 Å². The molecule has 2 heterocycles. The molecule has 6 heteroatoms. The van der Waals surface area contributed by atoms with Gasteiger partial charge in [-0.1, -0.05) is 11.6 Å². The number of hydrogen-bond donors (Lipinski definition) is 0. The Labute approximate surface area is 114 Å². The molecule has 0 unspecified atom stereocenters. The molecule has 0 bridgehead atoms. The fourth-order valence-corrected chi connectivity index (χ4v) is 2.39. The summed E-state index contributed by atoms with van der Waals surface area (Å²) in [5.74, 6) is -0.268. The van der Waals surface area contributed by atoms with Crippen molar-refractivity contribution in [2.24, 2.45) is 0 Å². The molecule has 3 rings (SSSR count). The quantitative estimate of drug-likeness (QED) is 0.805. The molecular formula is C13H11ClFN3O. The van der Waals surface area contributed by atoms with Crippen LogP contribution in [0.15, 0.2) is 30.5 Å². The molecule has 0 aliphatic carbocycles. The number of benzene rings is 1. The number of anilines is 1. The van der Waals surface area contributed by atoms with Crippen molar-refractivity contribution in [3.05, 3.63) is 46.9 Å². The maximum absolute atomic E-state index is 13.8. The van der Waals surface area contributed by atoms with Gasteiger partial charge in [0.1, 0.15) is 11.6 Å². The molecule has 1 aromatic heterocycles. The van der Waals surface area contributed by atoms with Crippen LogP contribution in [0.1, 0.15) is 16.8 Å². The first-order valence-electron chi connectivity index (χ1n) is 5.95. The van der Waals surface area contributed by atoms with Crippen molar-refractivity contribution < 1.29 is 9.18 Å². The Bertz CT molecular complexity index is 641. The molecule has 0 fully saturated rings. The third-order valence-electron chi connectivity index (χ3n) is 3.13. The van der Waals surface area contributed by atoms with E-state index in [0.29, 0.717) is 12.4 Å². The summed E-state index contributed by atoms with van der Waals surface area (Å²) in [6.45, 7) is 1.34. The van der Waals surface area contributed by atoms with Crippen LogP contribution in [0, 0.1) is 5.82 Å². The molecule has 2 aromatic rings. The number of carbonyl (C=O) groups is 1. The van der Waals surface area contributed by atoms with E-state index in [0.717, 1.165) is 19.0 Å². The van der Waals surface area contributed by atoms with Crippen molar-refractivity contribution in [2.75, 3.05) is 11.4 Å². The van der Waals surface area contributed by atoms with Gasteiger partial charge in [0, 0.05) is 24.2 Å². The molecule has 1 aliphatic heterocycles. The Kier molecular flexibility index (Phi) is 2.98. The SMILES string of the molecule is O=C(c1ccc(Cl)cc1F)N1CCCn2nccc21. The smallest absolute Gasteiger partial charge is 0.262 e. The van der Waals surface area contributed by atoms with Gasteiger partial charge in [-0.3, -0.25) is 9.69 Å². The third kappa shape index (κ3) is 2.10. The molecule has 0 saturated carbocycles. The first-order valence-corrected chi connectivity index (χ1v) is 6.33. The maximum Gasteiger partial charge on any atom is 0.262 e. The number of amides is 1. The minimum absolute atomic E-state index is 0.0269. The normalized spacial score (nSPS) is 14.3. The van der Waals surface area contributed by atoms with E-state index in [-0.39, 0.29) is 16.5 Å². The Balaban J connectivity index is 1.98. The minimum Gasteiger partial charge on any atom is -0.293 e. The highest BCUT2D eigenvalue weighted by Crippen LogP contribution is 2.23. The molecule has 0 saturated heterocycles. The zero-order chi connectivity index (χ0) is 13.4. The monoisotopic (exact) mass is 279 g/mol. The predicted octanol–water partition coefficient (Wildman–Crippen LogP) is 2.73. The van der Waals surface area contributed by atoms with Gasteiger partial charge in [-0.25, -0.2) is 9.07 Å². The molecule has 1 amide bonds. The van der Waals surface area contributed by atoms with Crippen LogP contribution in [0.25, 0.3) is 0 Å².